The first-order valence-electron chi connectivity index (χ1n) is 7.50. The summed E-state index contributed by atoms with van der Waals surface area (Å²) < 4.78 is 35.9. The van der Waals surface area contributed by atoms with Crippen molar-refractivity contribution < 1.29 is 13.5 Å². The molecule has 0 aliphatic rings. The maximum absolute atomic E-state index is 14.3. The van der Waals surface area contributed by atoms with E-state index in [9.17, 15) is 8.78 Å². The fourth-order valence-corrected chi connectivity index (χ4v) is 3.71. The van der Waals surface area contributed by atoms with Crippen LogP contribution in [0, 0.1) is 22.1 Å². The molecule has 3 aromatic rings. The summed E-state index contributed by atoms with van der Waals surface area (Å²) in [5.41, 5.74) is 1.35. The normalized spacial score (nSPS) is 11.1. The van der Waals surface area contributed by atoms with Gasteiger partial charge in [-0.25, -0.2) is 13.8 Å². The van der Waals surface area contributed by atoms with E-state index >= 15 is 0 Å². The van der Waals surface area contributed by atoms with Gasteiger partial charge in [0.05, 0.1) is 16.2 Å². The van der Waals surface area contributed by atoms with E-state index < -0.39 is 5.82 Å². The van der Waals surface area contributed by atoms with Gasteiger partial charge in [-0.1, -0.05) is 11.6 Å². The SMILES string of the molecule is COc1ccc(F)c2c1cc(C)n2CCNc1nc(Cl)cc(I)c1F. The van der Waals surface area contributed by atoms with Gasteiger partial charge in [-0.05, 0) is 53.8 Å². The molecular weight excluding hydrogens is 463 g/mol. The summed E-state index contributed by atoms with van der Waals surface area (Å²) in [6, 6.07) is 6.31. The number of aryl methyl sites for hydroxylation is 1. The van der Waals surface area contributed by atoms with E-state index in [4.69, 9.17) is 16.3 Å². The Labute approximate surface area is 162 Å². The standard InChI is InChI=1S/C17H15ClF2IN3O/c1-9-7-10-13(25-2)4-3-11(19)16(10)24(9)6-5-22-17-15(20)12(21)8-14(18)23-17/h3-4,7-8H,5-6H2,1-2H3,(H,22,23). The maximum atomic E-state index is 14.3. The van der Waals surface area contributed by atoms with Crippen molar-refractivity contribution in [2.24, 2.45) is 0 Å². The Bertz CT molecular complexity index is 946. The Morgan fingerprint density at radius 2 is 2.08 bits per heavy atom. The van der Waals surface area contributed by atoms with Gasteiger partial charge in [0.15, 0.2) is 11.6 Å². The van der Waals surface area contributed by atoms with Gasteiger partial charge in [-0.2, -0.15) is 0 Å². The highest BCUT2D eigenvalue weighted by Crippen LogP contribution is 2.31. The van der Waals surface area contributed by atoms with E-state index in [1.54, 1.807) is 13.2 Å². The van der Waals surface area contributed by atoms with E-state index in [-0.39, 0.29) is 16.8 Å². The molecule has 2 heterocycles. The number of hydrogen-bond donors (Lipinski definition) is 1. The first-order valence-corrected chi connectivity index (χ1v) is 8.95. The van der Waals surface area contributed by atoms with Gasteiger partial charge in [-0.15, -0.1) is 0 Å². The summed E-state index contributed by atoms with van der Waals surface area (Å²) in [5, 5.41) is 3.85. The predicted molar refractivity (Wildman–Crippen MR) is 104 cm³/mol. The smallest absolute Gasteiger partial charge is 0.178 e. The number of halogens is 4. The fourth-order valence-electron chi connectivity index (χ4n) is 2.78. The third-order valence-electron chi connectivity index (χ3n) is 3.91. The van der Waals surface area contributed by atoms with Crippen LogP contribution < -0.4 is 10.1 Å². The quantitative estimate of drug-likeness (QED) is 0.415. The number of nitrogens with zero attached hydrogens (tertiary/aromatic N) is 2. The van der Waals surface area contributed by atoms with Crippen LogP contribution in [0.15, 0.2) is 24.3 Å². The van der Waals surface area contributed by atoms with Gasteiger partial charge in [-0.3, -0.25) is 0 Å². The summed E-state index contributed by atoms with van der Waals surface area (Å²) in [6.45, 7) is 2.69. The lowest BCUT2D eigenvalue weighted by atomic mass is 10.2. The number of pyridine rings is 1. The van der Waals surface area contributed by atoms with Crippen LogP contribution in [0.1, 0.15) is 5.69 Å². The van der Waals surface area contributed by atoms with Gasteiger partial charge >= 0.3 is 0 Å². The molecule has 4 nitrogen and oxygen atoms in total. The number of hydrogen-bond acceptors (Lipinski definition) is 3. The molecule has 0 spiro atoms. The maximum Gasteiger partial charge on any atom is 0.178 e. The molecule has 3 rings (SSSR count). The molecular formula is C17H15ClF2IN3O. The average Bonchev–Trinajstić information content (AvgIpc) is 2.90. The molecule has 0 amide bonds. The molecule has 2 aromatic heterocycles. The van der Waals surface area contributed by atoms with Crippen LogP contribution >= 0.6 is 34.2 Å². The number of benzene rings is 1. The van der Waals surface area contributed by atoms with Gasteiger partial charge in [0.1, 0.15) is 16.7 Å². The van der Waals surface area contributed by atoms with E-state index in [1.807, 2.05) is 40.1 Å². The summed E-state index contributed by atoms with van der Waals surface area (Å²) in [6.07, 6.45) is 0. The molecule has 0 saturated carbocycles. The van der Waals surface area contributed by atoms with Crippen molar-refractivity contribution in [1.82, 2.24) is 9.55 Å². The topological polar surface area (TPSA) is 39.1 Å². The molecule has 0 unspecified atom stereocenters. The van der Waals surface area contributed by atoms with E-state index in [1.165, 1.54) is 12.1 Å². The van der Waals surface area contributed by atoms with Crippen molar-refractivity contribution in [3.05, 3.63) is 50.3 Å². The number of methoxy groups -OCH3 is 1. The second-order valence-electron chi connectivity index (χ2n) is 5.47. The second kappa shape index (κ2) is 7.33. The fraction of sp³-hybridized carbons (Fsp3) is 0.235. The Morgan fingerprint density at radius 1 is 1.32 bits per heavy atom. The highest BCUT2D eigenvalue weighted by Gasteiger charge is 2.15. The van der Waals surface area contributed by atoms with Crippen molar-refractivity contribution in [1.29, 1.82) is 0 Å². The third-order valence-corrected chi connectivity index (χ3v) is 4.89. The van der Waals surface area contributed by atoms with E-state index in [2.05, 4.69) is 10.3 Å². The zero-order valence-electron chi connectivity index (χ0n) is 13.5. The Balaban J connectivity index is 1.86. The van der Waals surface area contributed by atoms with Crippen molar-refractivity contribution >= 4 is 50.9 Å². The second-order valence-corrected chi connectivity index (χ2v) is 7.01. The minimum absolute atomic E-state index is 0.0871. The van der Waals surface area contributed by atoms with Gasteiger partial charge in [0, 0.05) is 24.2 Å². The predicted octanol–water partition coefficient (Wildman–Crippen LogP) is 5.00. The van der Waals surface area contributed by atoms with Crippen molar-refractivity contribution in [2.45, 2.75) is 13.5 Å². The molecule has 25 heavy (non-hydrogen) atoms. The van der Waals surface area contributed by atoms with Crippen molar-refractivity contribution in [2.75, 3.05) is 19.0 Å². The molecule has 0 aliphatic carbocycles. The summed E-state index contributed by atoms with van der Waals surface area (Å²) in [4.78, 5) is 3.95. The Hall–Kier alpha value is -1.61. The lowest BCUT2D eigenvalue weighted by Gasteiger charge is -2.12. The van der Waals surface area contributed by atoms with Crippen LogP contribution in [-0.4, -0.2) is 23.2 Å². The first kappa shape index (κ1) is 18.2. The largest absolute Gasteiger partial charge is 0.496 e. The molecule has 0 atom stereocenters. The van der Waals surface area contributed by atoms with Crippen molar-refractivity contribution in [3.8, 4) is 5.75 Å². The molecule has 8 heteroatoms. The van der Waals surface area contributed by atoms with E-state index in [0.717, 1.165) is 5.69 Å². The van der Waals surface area contributed by atoms with Crippen LogP contribution in [0.2, 0.25) is 5.15 Å². The molecule has 1 N–H and O–H groups in total. The van der Waals surface area contributed by atoms with E-state index in [0.29, 0.717) is 33.3 Å². The lowest BCUT2D eigenvalue weighted by molar-refractivity contribution is 0.419. The molecule has 132 valence electrons. The minimum atomic E-state index is -0.452. The van der Waals surface area contributed by atoms with Crippen LogP contribution in [0.4, 0.5) is 14.6 Å². The molecule has 0 bridgehead atoms. The lowest BCUT2D eigenvalue weighted by Crippen LogP contribution is -2.14. The highest BCUT2D eigenvalue weighted by atomic mass is 127. The molecule has 0 aliphatic heterocycles. The average molecular weight is 478 g/mol. The number of fused-ring (bicyclic) bond motifs is 1. The Morgan fingerprint density at radius 3 is 2.80 bits per heavy atom. The zero-order chi connectivity index (χ0) is 18.1. The third kappa shape index (κ3) is 3.52. The zero-order valence-corrected chi connectivity index (χ0v) is 16.5. The Kier molecular flexibility index (Phi) is 5.33. The van der Waals surface area contributed by atoms with Crippen molar-refractivity contribution in [3.63, 3.8) is 0 Å². The first-order chi connectivity index (χ1) is 11.9. The van der Waals surface area contributed by atoms with Gasteiger partial charge in [0.2, 0.25) is 0 Å². The van der Waals surface area contributed by atoms with Gasteiger partial charge < -0.3 is 14.6 Å². The number of nitrogens with one attached hydrogen (secondary N) is 1. The summed E-state index contributed by atoms with van der Waals surface area (Å²) in [5.74, 6) is -0.0789. The van der Waals surface area contributed by atoms with Crippen LogP contribution in [0.25, 0.3) is 10.9 Å². The number of rotatable bonds is 5. The molecule has 0 radical (unpaired) electrons. The number of anilines is 1. The summed E-state index contributed by atoms with van der Waals surface area (Å²) >= 11 is 7.73. The van der Waals surface area contributed by atoms with Gasteiger partial charge in [0.25, 0.3) is 0 Å². The highest BCUT2D eigenvalue weighted by molar-refractivity contribution is 14.1. The van der Waals surface area contributed by atoms with Crippen LogP contribution in [0.5, 0.6) is 5.75 Å². The monoisotopic (exact) mass is 477 g/mol. The number of ether oxygens (including phenoxy) is 1. The number of aromatic nitrogens is 2. The molecule has 0 fully saturated rings. The minimum Gasteiger partial charge on any atom is -0.496 e. The molecule has 0 saturated heterocycles. The summed E-state index contributed by atoms with van der Waals surface area (Å²) in [7, 11) is 1.55. The molecule has 1 aromatic carbocycles. The van der Waals surface area contributed by atoms with Crippen LogP contribution in [0.3, 0.4) is 0 Å². The van der Waals surface area contributed by atoms with Crippen LogP contribution in [-0.2, 0) is 6.54 Å².